The van der Waals surface area contributed by atoms with Crippen molar-refractivity contribution >= 4 is 29.1 Å². The number of rotatable bonds is 11. The molecule has 1 amide bonds. The lowest BCUT2D eigenvalue weighted by atomic mass is 10.1. The Morgan fingerprint density at radius 1 is 1.30 bits per heavy atom. The predicted octanol–water partition coefficient (Wildman–Crippen LogP) is 1.15. The maximum absolute atomic E-state index is 12.2. The summed E-state index contributed by atoms with van der Waals surface area (Å²) in [5.74, 6) is -1.27. The van der Waals surface area contributed by atoms with Gasteiger partial charge in [-0.25, -0.2) is 5.01 Å². The number of aldehydes is 1. The molecule has 1 heterocycles. The highest BCUT2D eigenvalue weighted by molar-refractivity contribution is 5.82. The summed E-state index contributed by atoms with van der Waals surface area (Å²) < 4.78 is 2.09. The molecule has 1 aromatic carbocycles. The quantitative estimate of drug-likeness (QED) is 0.403. The van der Waals surface area contributed by atoms with Crippen LogP contribution in [-0.2, 0) is 27.5 Å². The summed E-state index contributed by atoms with van der Waals surface area (Å²) in [4.78, 5) is 33.9. The number of para-hydroxylation sites is 1. The lowest BCUT2D eigenvalue weighted by Crippen LogP contribution is -2.37. The van der Waals surface area contributed by atoms with Gasteiger partial charge in [-0.1, -0.05) is 18.2 Å². The number of aryl methyl sites for hydroxylation is 1. The zero-order valence-electron chi connectivity index (χ0n) is 15.6. The molecule has 0 aliphatic carbocycles. The van der Waals surface area contributed by atoms with Crippen LogP contribution in [0.2, 0.25) is 0 Å². The maximum atomic E-state index is 12.2. The second-order valence-corrected chi connectivity index (χ2v) is 6.42. The fourth-order valence-electron chi connectivity index (χ4n) is 2.93. The van der Waals surface area contributed by atoms with E-state index in [4.69, 9.17) is 5.11 Å². The fraction of sp³-hybridized carbons (Fsp3) is 0.421. The van der Waals surface area contributed by atoms with E-state index in [-0.39, 0.29) is 25.2 Å². The molecule has 2 rings (SSSR count). The van der Waals surface area contributed by atoms with Crippen molar-refractivity contribution < 1.29 is 19.5 Å². The Morgan fingerprint density at radius 2 is 2.04 bits per heavy atom. The number of hydrazine groups is 1. The molecule has 1 atom stereocenters. The summed E-state index contributed by atoms with van der Waals surface area (Å²) in [5.41, 5.74) is 5.17. The van der Waals surface area contributed by atoms with Crippen LogP contribution in [0.4, 0.5) is 0 Å². The number of hydrogen-bond acceptors (Lipinski definition) is 5. The molecule has 8 nitrogen and oxygen atoms in total. The number of carboxylic acid groups (broad SMARTS) is 1. The Kier molecular flexibility index (Phi) is 7.51. The highest BCUT2D eigenvalue weighted by atomic mass is 16.4. The number of aliphatic carboxylic acids is 1. The Morgan fingerprint density at radius 3 is 2.70 bits per heavy atom. The van der Waals surface area contributed by atoms with Gasteiger partial charge in [0.05, 0.1) is 12.6 Å². The van der Waals surface area contributed by atoms with E-state index in [1.165, 1.54) is 0 Å². The summed E-state index contributed by atoms with van der Waals surface area (Å²) in [7, 11) is 3.78. The molecule has 1 aromatic heterocycles. The van der Waals surface area contributed by atoms with Gasteiger partial charge >= 0.3 is 5.97 Å². The monoisotopic (exact) mass is 374 g/mol. The van der Waals surface area contributed by atoms with Crippen molar-refractivity contribution in [2.24, 2.45) is 0 Å². The summed E-state index contributed by atoms with van der Waals surface area (Å²) in [6, 6.07) is 9.30. The predicted molar refractivity (Wildman–Crippen MR) is 102 cm³/mol. The standard InChI is InChI=1S/C19H26N4O4/c1-20-22(2)12-16-11-14-5-3-4-6-17(14)23(16)10-9-18(25)21-15(13-24)7-8-19(26)27/h3-6,11,13,15,20H,7-10,12H2,1-2H3,(H,21,25)(H,26,27). The van der Waals surface area contributed by atoms with Crippen molar-refractivity contribution in [3.05, 3.63) is 36.0 Å². The Hall–Kier alpha value is -2.71. The van der Waals surface area contributed by atoms with Crippen LogP contribution >= 0.6 is 0 Å². The van der Waals surface area contributed by atoms with Gasteiger partial charge in [0.2, 0.25) is 5.91 Å². The minimum atomic E-state index is -0.992. The molecule has 0 saturated carbocycles. The number of carbonyl (C=O) groups is 3. The van der Waals surface area contributed by atoms with Crippen molar-refractivity contribution in [1.82, 2.24) is 20.3 Å². The fourth-order valence-corrected chi connectivity index (χ4v) is 2.93. The molecule has 3 N–H and O–H groups in total. The first kappa shape index (κ1) is 20.6. The zero-order valence-corrected chi connectivity index (χ0v) is 15.6. The van der Waals surface area contributed by atoms with Crippen LogP contribution in [-0.4, -0.2) is 53.0 Å². The van der Waals surface area contributed by atoms with E-state index in [1.807, 2.05) is 43.4 Å². The maximum Gasteiger partial charge on any atom is 0.303 e. The number of fused-ring (bicyclic) bond motifs is 1. The van der Waals surface area contributed by atoms with Crippen molar-refractivity contribution in [2.45, 2.75) is 38.4 Å². The third-order valence-electron chi connectivity index (χ3n) is 4.42. The normalized spacial score (nSPS) is 12.3. The number of nitrogens with one attached hydrogen (secondary N) is 2. The van der Waals surface area contributed by atoms with Gasteiger partial charge < -0.3 is 19.8 Å². The topological polar surface area (TPSA) is 104 Å². The van der Waals surface area contributed by atoms with Gasteiger partial charge in [0.15, 0.2) is 0 Å². The van der Waals surface area contributed by atoms with E-state index in [1.54, 1.807) is 0 Å². The van der Waals surface area contributed by atoms with Gasteiger partial charge in [-0.15, -0.1) is 0 Å². The van der Waals surface area contributed by atoms with Crippen LogP contribution in [0.15, 0.2) is 30.3 Å². The van der Waals surface area contributed by atoms with E-state index >= 15 is 0 Å². The summed E-state index contributed by atoms with van der Waals surface area (Å²) >= 11 is 0. The van der Waals surface area contributed by atoms with E-state index < -0.39 is 12.0 Å². The molecule has 27 heavy (non-hydrogen) atoms. The molecule has 1 unspecified atom stereocenters. The Labute approximate surface area is 158 Å². The average Bonchev–Trinajstić information content (AvgIpc) is 3.00. The third kappa shape index (κ3) is 5.90. The lowest BCUT2D eigenvalue weighted by molar-refractivity contribution is -0.137. The molecule has 0 aliphatic heterocycles. The van der Waals surface area contributed by atoms with Crippen molar-refractivity contribution in [1.29, 1.82) is 0 Å². The highest BCUT2D eigenvalue weighted by Gasteiger charge is 2.15. The SMILES string of the molecule is CNN(C)Cc1cc2ccccc2n1CCC(=O)NC(C=O)CCC(=O)O. The van der Waals surface area contributed by atoms with Crippen LogP contribution in [0.5, 0.6) is 0 Å². The number of carbonyl (C=O) groups excluding carboxylic acids is 2. The molecular weight excluding hydrogens is 348 g/mol. The summed E-state index contributed by atoms with van der Waals surface area (Å²) in [6.45, 7) is 1.14. The molecule has 0 fully saturated rings. The van der Waals surface area contributed by atoms with Crippen LogP contribution < -0.4 is 10.7 Å². The second kappa shape index (κ2) is 9.84. The Balaban J connectivity index is 2.06. The first-order chi connectivity index (χ1) is 12.9. The van der Waals surface area contributed by atoms with Gasteiger partial charge in [-0.3, -0.25) is 15.0 Å². The van der Waals surface area contributed by atoms with Gasteiger partial charge in [0.25, 0.3) is 0 Å². The van der Waals surface area contributed by atoms with Crippen molar-refractivity contribution in [3.63, 3.8) is 0 Å². The first-order valence-corrected chi connectivity index (χ1v) is 8.86. The third-order valence-corrected chi connectivity index (χ3v) is 4.42. The van der Waals surface area contributed by atoms with E-state index in [0.29, 0.717) is 19.4 Å². The van der Waals surface area contributed by atoms with Gasteiger partial charge in [0.1, 0.15) is 6.29 Å². The Bertz CT molecular complexity index is 802. The second-order valence-electron chi connectivity index (χ2n) is 6.42. The molecular formula is C19H26N4O4. The van der Waals surface area contributed by atoms with Gasteiger partial charge in [-0.2, -0.15) is 0 Å². The minimum absolute atomic E-state index is 0.0925. The van der Waals surface area contributed by atoms with Crippen LogP contribution in [0.3, 0.4) is 0 Å². The summed E-state index contributed by atoms with van der Waals surface area (Å²) in [5, 5.41) is 14.3. The number of carboxylic acids is 1. The largest absolute Gasteiger partial charge is 0.481 e. The van der Waals surface area contributed by atoms with Crippen LogP contribution in [0, 0.1) is 0 Å². The van der Waals surface area contributed by atoms with Crippen LogP contribution in [0.25, 0.3) is 10.9 Å². The van der Waals surface area contributed by atoms with Crippen molar-refractivity contribution in [2.75, 3.05) is 14.1 Å². The van der Waals surface area contributed by atoms with E-state index in [9.17, 15) is 14.4 Å². The minimum Gasteiger partial charge on any atom is -0.481 e. The number of aromatic nitrogens is 1. The number of nitrogens with zero attached hydrogens (tertiary/aromatic N) is 2. The van der Waals surface area contributed by atoms with Gasteiger partial charge in [0, 0.05) is 37.6 Å². The van der Waals surface area contributed by atoms with Gasteiger partial charge in [-0.05, 0) is 31.0 Å². The molecule has 2 aromatic rings. The molecule has 0 saturated heterocycles. The van der Waals surface area contributed by atoms with Crippen molar-refractivity contribution in [3.8, 4) is 0 Å². The molecule has 0 spiro atoms. The smallest absolute Gasteiger partial charge is 0.303 e. The molecule has 8 heteroatoms. The molecule has 0 bridgehead atoms. The highest BCUT2D eigenvalue weighted by Crippen LogP contribution is 2.21. The van der Waals surface area contributed by atoms with Crippen LogP contribution in [0.1, 0.15) is 25.0 Å². The average molecular weight is 374 g/mol. The lowest BCUT2D eigenvalue weighted by Gasteiger charge is -2.18. The number of hydrogen-bond donors (Lipinski definition) is 3. The summed E-state index contributed by atoms with van der Waals surface area (Å²) in [6.07, 6.45) is 0.715. The zero-order chi connectivity index (χ0) is 19.8. The van der Waals surface area contributed by atoms with E-state index in [0.717, 1.165) is 16.6 Å². The molecule has 0 aliphatic rings. The first-order valence-electron chi connectivity index (χ1n) is 8.86. The molecule has 146 valence electrons. The van der Waals surface area contributed by atoms with E-state index in [2.05, 4.69) is 21.4 Å². The number of amides is 1. The number of benzene rings is 1. The molecule has 0 radical (unpaired) electrons.